The second-order valence-electron chi connectivity index (χ2n) is 4.51. The van der Waals surface area contributed by atoms with Crippen molar-refractivity contribution in [3.8, 4) is 0 Å². The lowest BCUT2D eigenvalue weighted by Crippen LogP contribution is -2.16. The van der Waals surface area contributed by atoms with Crippen molar-refractivity contribution in [3.63, 3.8) is 0 Å². The van der Waals surface area contributed by atoms with Crippen LogP contribution in [0.4, 0.5) is 0 Å². The summed E-state index contributed by atoms with van der Waals surface area (Å²) in [6.45, 7) is 1.83. The van der Waals surface area contributed by atoms with Crippen molar-refractivity contribution in [3.05, 3.63) is 24.3 Å². The number of carbonyl (C=O) groups is 2. The van der Waals surface area contributed by atoms with Gasteiger partial charge in [0.05, 0.1) is 18.6 Å². The number of ether oxygens (including phenoxy) is 1. The molecular weight excluding hydrogens is 232 g/mol. The molecule has 18 heavy (non-hydrogen) atoms. The molecule has 1 aliphatic heterocycles. The maximum atomic E-state index is 11.4. The van der Waals surface area contributed by atoms with E-state index < -0.39 is 6.10 Å². The summed E-state index contributed by atoms with van der Waals surface area (Å²) in [4.78, 5) is 22.8. The van der Waals surface area contributed by atoms with Gasteiger partial charge in [-0.2, -0.15) is 0 Å². The molecule has 0 unspecified atom stereocenters. The quantitative estimate of drug-likeness (QED) is 0.669. The van der Waals surface area contributed by atoms with E-state index >= 15 is 0 Å². The summed E-state index contributed by atoms with van der Waals surface area (Å²) in [7, 11) is 0. The fourth-order valence-corrected chi connectivity index (χ4v) is 1.72. The third-order valence-corrected chi connectivity index (χ3v) is 2.75. The normalized spacial score (nSPS) is 31.2. The lowest BCUT2D eigenvalue weighted by atomic mass is 10.1. The molecule has 0 aromatic carbocycles. The van der Waals surface area contributed by atoms with Gasteiger partial charge in [-0.1, -0.05) is 18.2 Å². The second-order valence-corrected chi connectivity index (χ2v) is 4.51. The fourth-order valence-electron chi connectivity index (χ4n) is 1.72. The minimum atomic E-state index is -0.518. The monoisotopic (exact) mass is 252 g/mol. The lowest BCUT2D eigenvalue weighted by Gasteiger charge is -2.13. The first-order valence-corrected chi connectivity index (χ1v) is 6.33. The van der Waals surface area contributed by atoms with Gasteiger partial charge in [0.1, 0.15) is 0 Å². The van der Waals surface area contributed by atoms with Gasteiger partial charge in [-0.25, -0.2) is 0 Å². The van der Waals surface area contributed by atoms with Crippen LogP contribution in [0.15, 0.2) is 24.3 Å². The molecule has 100 valence electrons. The largest absolute Gasteiger partial charge is 0.463 e. The van der Waals surface area contributed by atoms with Gasteiger partial charge >= 0.3 is 5.97 Å². The Morgan fingerprint density at radius 2 is 2.00 bits per heavy atom. The Morgan fingerprint density at radius 3 is 2.78 bits per heavy atom. The Kier molecular flexibility index (Phi) is 6.36. The number of hydrogen-bond donors (Lipinski definition) is 1. The predicted octanol–water partition coefficient (Wildman–Crippen LogP) is 1.92. The number of allylic oxidation sites excluding steroid dienone is 3. The van der Waals surface area contributed by atoms with Crippen LogP contribution in [-0.4, -0.2) is 29.1 Å². The third kappa shape index (κ3) is 6.35. The molecule has 0 amide bonds. The van der Waals surface area contributed by atoms with Crippen molar-refractivity contribution in [1.82, 2.24) is 0 Å². The number of aliphatic hydroxyl groups excluding tert-OH is 1. The molecule has 1 rings (SSSR count). The molecule has 0 radical (unpaired) electrons. The van der Waals surface area contributed by atoms with Crippen LogP contribution < -0.4 is 0 Å². The average Bonchev–Trinajstić information content (AvgIpc) is 2.31. The molecule has 0 aliphatic carbocycles. The zero-order chi connectivity index (χ0) is 13.4. The van der Waals surface area contributed by atoms with E-state index in [-0.39, 0.29) is 30.7 Å². The van der Waals surface area contributed by atoms with Crippen LogP contribution in [0.25, 0.3) is 0 Å². The Hall–Kier alpha value is -1.42. The highest BCUT2D eigenvalue weighted by molar-refractivity contribution is 5.92. The summed E-state index contributed by atoms with van der Waals surface area (Å²) in [6.07, 6.45) is 8.07. The second kappa shape index (κ2) is 7.82. The van der Waals surface area contributed by atoms with Gasteiger partial charge < -0.3 is 9.84 Å². The smallest absolute Gasteiger partial charge is 0.306 e. The van der Waals surface area contributed by atoms with E-state index in [9.17, 15) is 14.7 Å². The standard InChI is InChI=1S/C14H20O4/c1-11-5-4-8-12(15)6-2-3-7-13(16)9-10-14(17)18-11/h2-3,6-7,11-12,15H,4-5,8-10H2,1H3/b6-2+,7-3-/t11-,12-/m0/s1. The van der Waals surface area contributed by atoms with Crippen molar-refractivity contribution in [1.29, 1.82) is 0 Å². The van der Waals surface area contributed by atoms with Gasteiger partial charge in [0.2, 0.25) is 0 Å². The number of aliphatic hydroxyl groups is 1. The average molecular weight is 252 g/mol. The van der Waals surface area contributed by atoms with E-state index in [0.717, 1.165) is 12.8 Å². The number of cyclic esters (lactones) is 1. The van der Waals surface area contributed by atoms with Gasteiger partial charge in [-0.3, -0.25) is 9.59 Å². The number of carbonyl (C=O) groups excluding carboxylic acids is 2. The predicted molar refractivity (Wildman–Crippen MR) is 67.9 cm³/mol. The first kappa shape index (κ1) is 14.6. The van der Waals surface area contributed by atoms with Gasteiger partial charge in [0, 0.05) is 6.42 Å². The number of rotatable bonds is 0. The summed E-state index contributed by atoms with van der Waals surface area (Å²) >= 11 is 0. The molecule has 0 aromatic rings. The van der Waals surface area contributed by atoms with Crippen LogP contribution in [0.5, 0.6) is 0 Å². The Labute approximate surface area is 107 Å². The molecule has 0 aromatic heterocycles. The molecule has 2 atom stereocenters. The lowest BCUT2D eigenvalue weighted by molar-refractivity contribution is -0.149. The number of ketones is 1. The summed E-state index contributed by atoms with van der Waals surface area (Å²) in [6, 6.07) is 0. The molecular formula is C14H20O4. The minimum Gasteiger partial charge on any atom is -0.463 e. The molecule has 0 spiro atoms. The molecule has 0 fully saturated rings. The highest BCUT2D eigenvalue weighted by Crippen LogP contribution is 2.10. The third-order valence-electron chi connectivity index (χ3n) is 2.75. The van der Waals surface area contributed by atoms with E-state index in [4.69, 9.17) is 4.74 Å². The fraction of sp³-hybridized carbons (Fsp3) is 0.571. The van der Waals surface area contributed by atoms with Crippen LogP contribution in [0.2, 0.25) is 0 Å². The van der Waals surface area contributed by atoms with Crippen LogP contribution in [0.1, 0.15) is 39.0 Å². The molecule has 1 N–H and O–H groups in total. The first-order valence-electron chi connectivity index (χ1n) is 6.33. The molecule has 1 heterocycles. The maximum Gasteiger partial charge on any atom is 0.306 e. The summed E-state index contributed by atoms with van der Waals surface area (Å²) in [5.41, 5.74) is 0. The highest BCUT2D eigenvalue weighted by Gasteiger charge is 2.11. The van der Waals surface area contributed by atoms with Crippen molar-refractivity contribution in [2.45, 2.75) is 51.2 Å². The zero-order valence-corrected chi connectivity index (χ0v) is 10.7. The summed E-state index contributed by atoms with van der Waals surface area (Å²) < 4.78 is 5.16. The van der Waals surface area contributed by atoms with Crippen molar-refractivity contribution < 1.29 is 19.4 Å². The molecule has 1 aliphatic rings. The molecule has 0 saturated carbocycles. The first-order chi connectivity index (χ1) is 8.58. The summed E-state index contributed by atoms with van der Waals surface area (Å²) in [5.74, 6) is -0.451. The Morgan fingerprint density at radius 1 is 1.22 bits per heavy atom. The van der Waals surface area contributed by atoms with E-state index in [1.165, 1.54) is 6.08 Å². The SMILES string of the molecule is C[C@H]1CCC[C@@H](O)/C=C/C=C\C(=O)CCC(=O)O1. The van der Waals surface area contributed by atoms with Crippen molar-refractivity contribution in [2.24, 2.45) is 0 Å². The zero-order valence-electron chi connectivity index (χ0n) is 10.7. The van der Waals surface area contributed by atoms with Gasteiger partial charge in [0.15, 0.2) is 5.78 Å². The Bertz CT molecular complexity index is 344. The van der Waals surface area contributed by atoms with E-state index in [0.29, 0.717) is 6.42 Å². The topological polar surface area (TPSA) is 63.6 Å². The number of hydrogen-bond acceptors (Lipinski definition) is 4. The van der Waals surface area contributed by atoms with Crippen LogP contribution in [0, 0.1) is 0 Å². The van der Waals surface area contributed by atoms with Crippen molar-refractivity contribution >= 4 is 11.8 Å². The van der Waals surface area contributed by atoms with E-state index in [1.54, 1.807) is 18.2 Å². The van der Waals surface area contributed by atoms with Crippen LogP contribution >= 0.6 is 0 Å². The van der Waals surface area contributed by atoms with Gasteiger partial charge in [-0.15, -0.1) is 0 Å². The molecule has 4 heteroatoms. The molecule has 0 bridgehead atoms. The van der Waals surface area contributed by atoms with E-state index in [2.05, 4.69) is 0 Å². The Balaban J connectivity index is 2.60. The van der Waals surface area contributed by atoms with Gasteiger partial charge in [-0.05, 0) is 32.3 Å². The molecule has 0 saturated heterocycles. The van der Waals surface area contributed by atoms with Crippen LogP contribution in [-0.2, 0) is 14.3 Å². The summed E-state index contributed by atoms with van der Waals surface area (Å²) in [5, 5.41) is 9.61. The van der Waals surface area contributed by atoms with Gasteiger partial charge in [0.25, 0.3) is 0 Å². The molecule has 4 nitrogen and oxygen atoms in total. The highest BCUT2D eigenvalue weighted by atomic mass is 16.5. The van der Waals surface area contributed by atoms with E-state index in [1.807, 2.05) is 6.92 Å². The van der Waals surface area contributed by atoms with Crippen LogP contribution in [0.3, 0.4) is 0 Å². The maximum absolute atomic E-state index is 11.4. The minimum absolute atomic E-state index is 0.115. The van der Waals surface area contributed by atoms with Crippen molar-refractivity contribution in [2.75, 3.05) is 0 Å². The number of esters is 1.